The molecular formula is C12H18N2O2S. The van der Waals surface area contributed by atoms with E-state index in [-0.39, 0.29) is 11.4 Å². The molecule has 1 heterocycles. The second kappa shape index (κ2) is 4.66. The molecule has 1 fully saturated rings. The summed E-state index contributed by atoms with van der Waals surface area (Å²) in [5.41, 5.74) is 5.49. The first-order valence-corrected chi connectivity index (χ1v) is 6.62. The summed E-state index contributed by atoms with van der Waals surface area (Å²) in [5, 5.41) is 4.90. The molecule has 1 aromatic rings. The Hall–Kier alpha value is -1.07. The van der Waals surface area contributed by atoms with Crippen LogP contribution in [0, 0.1) is 5.92 Å². The highest BCUT2D eigenvalue weighted by Crippen LogP contribution is 2.39. The SMILES string of the molecule is COc1ccsc1C(=O)NC(C)(CN)C1CC1. The van der Waals surface area contributed by atoms with Gasteiger partial charge in [-0.1, -0.05) is 0 Å². The molecule has 5 heteroatoms. The molecule has 0 aromatic carbocycles. The minimum atomic E-state index is -0.286. The Morgan fingerprint density at radius 2 is 2.41 bits per heavy atom. The van der Waals surface area contributed by atoms with Crippen molar-refractivity contribution in [2.45, 2.75) is 25.3 Å². The van der Waals surface area contributed by atoms with Crippen LogP contribution in [-0.2, 0) is 0 Å². The van der Waals surface area contributed by atoms with E-state index < -0.39 is 0 Å². The first kappa shape index (κ1) is 12.4. The zero-order valence-corrected chi connectivity index (χ0v) is 11.0. The van der Waals surface area contributed by atoms with Crippen molar-refractivity contribution in [2.75, 3.05) is 13.7 Å². The highest BCUT2D eigenvalue weighted by molar-refractivity contribution is 7.12. The molecule has 94 valence electrons. The molecule has 1 aliphatic carbocycles. The lowest BCUT2D eigenvalue weighted by Crippen LogP contribution is -2.53. The standard InChI is InChI=1S/C12H18N2O2S/c1-12(7-13,8-3-4-8)14-11(15)10-9(16-2)5-6-17-10/h5-6,8H,3-4,7,13H2,1-2H3,(H,14,15). The molecule has 0 spiro atoms. The van der Waals surface area contributed by atoms with Crippen molar-refractivity contribution in [1.29, 1.82) is 0 Å². The molecule has 4 nitrogen and oxygen atoms in total. The van der Waals surface area contributed by atoms with Crippen LogP contribution in [0.1, 0.15) is 29.4 Å². The van der Waals surface area contributed by atoms with Gasteiger partial charge in [0.15, 0.2) is 0 Å². The Morgan fingerprint density at radius 3 is 2.94 bits per heavy atom. The van der Waals surface area contributed by atoms with Crippen molar-refractivity contribution in [2.24, 2.45) is 11.7 Å². The molecule has 1 aliphatic rings. The highest BCUT2D eigenvalue weighted by atomic mass is 32.1. The van der Waals surface area contributed by atoms with Crippen molar-refractivity contribution in [1.82, 2.24) is 5.32 Å². The Kier molecular flexibility index (Phi) is 3.40. The summed E-state index contributed by atoms with van der Waals surface area (Å²) in [6.07, 6.45) is 2.30. The van der Waals surface area contributed by atoms with Crippen LogP contribution in [0.2, 0.25) is 0 Å². The molecule has 0 saturated heterocycles. The zero-order chi connectivity index (χ0) is 12.5. The summed E-state index contributed by atoms with van der Waals surface area (Å²) in [6, 6.07) is 1.80. The van der Waals surface area contributed by atoms with E-state index >= 15 is 0 Å². The quantitative estimate of drug-likeness (QED) is 0.839. The van der Waals surface area contributed by atoms with Crippen LogP contribution >= 0.6 is 11.3 Å². The number of rotatable bonds is 5. The maximum Gasteiger partial charge on any atom is 0.265 e. The van der Waals surface area contributed by atoms with Crippen LogP contribution < -0.4 is 15.8 Å². The predicted molar refractivity (Wildman–Crippen MR) is 68.5 cm³/mol. The van der Waals surface area contributed by atoms with E-state index in [1.807, 2.05) is 12.3 Å². The second-order valence-electron chi connectivity index (χ2n) is 4.67. The smallest absolute Gasteiger partial charge is 0.265 e. The van der Waals surface area contributed by atoms with Gasteiger partial charge in [-0.3, -0.25) is 4.79 Å². The lowest BCUT2D eigenvalue weighted by Gasteiger charge is -2.29. The first-order valence-electron chi connectivity index (χ1n) is 5.75. The van der Waals surface area contributed by atoms with Gasteiger partial charge in [-0.15, -0.1) is 11.3 Å². The molecule has 2 rings (SSSR count). The molecule has 1 saturated carbocycles. The van der Waals surface area contributed by atoms with Gasteiger partial charge in [0.1, 0.15) is 10.6 Å². The van der Waals surface area contributed by atoms with Gasteiger partial charge in [0.2, 0.25) is 0 Å². The van der Waals surface area contributed by atoms with Crippen molar-refractivity contribution in [3.8, 4) is 5.75 Å². The van der Waals surface area contributed by atoms with Crippen molar-refractivity contribution < 1.29 is 9.53 Å². The average Bonchev–Trinajstić information content (AvgIpc) is 3.07. The molecule has 0 aliphatic heterocycles. The minimum absolute atomic E-state index is 0.0864. The summed E-state index contributed by atoms with van der Waals surface area (Å²) in [6.45, 7) is 2.49. The lowest BCUT2D eigenvalue weighted by atomic mass is 9.96. The monoisotopic (exact) mass is 254 g/mol. The number of nitrogens with one attached hydrogen (secondary N) is 1. The second-order valence-corrected chi connectivity index (χ2v) is 5.58. The van der Waals surface area contributed by atoms with E-state index in [1.54, 1.807) is 13.2 Å². The fourth-order valence-electron chi connectivity index (χ4n) is 1.98. The summed E-state index contributed by atoms with van der Waals surface area (Å²) in [4.78, 5) is 12.8. The fourth-order valence-corrected chi connectivity index (χ4v) is 2.73. The molecule has 1 aromatic heterocycles. The summed E-state index contributed by atoms with van der Waals surface area (Å²) >= 11 is 1.39. The Morgan fingerprint density at radius 1 is 1.71 bits per heavy atom. The van der Waals surface area contributed by atoms with E-state index in [0.29, 0.717) is 23.1 Å². The Labute approximate surface area is 105 Å². The van der Waals surface area contributed by atoms with E-state index in [1.165, 1.54) is 11.3 Å². The molecule has 17 heavy (non-hydrogen) atoms. The van der Waals surface area contributed by atoms with E-state index in [4.69, 9.17) is 10.5 Å². The average molecular weight is 254 g/mol. The third kappa shape index (κ3) is 2.45. The Balaban J connectivity index is 2.10. The number of methoxy groups -OCH3 is 1. The molecule has 0 radical (unpaired) electrons. The van der Waals surface area contributed by atoms with Gasteiger partial charge >= 0.3 is 0 Å². The number of thiophene rings is 1. The van der Waals surface area contributed by atoms with Crippen molar-refractivity contribution >= 4 is 17.2 Å². The van der Waals surface area contributed by atoms with Gasteiger partial charge in [0.05, 0.1) is 12.6 Å². The van der Waals surface area contributed by atoms with Crippen LogP contribution in [0.15, 0.2) is 11.4 Å². The van der Waals surface area contributed by atoms with Crippen LogP contribution in [0.5, 0.6) is 5.75 Å². The maximum absolute atomic E-state index is 12.2. The predicted octanol–water partition coefficient (Wildman–Crippen LogP) is 1.61. The van der Waals surface area contributed by atoms with Gasteiger partial charge in [-0.05, 0) is 37.1 Å². The number of nitrogens with two attached hydrogens (primary N) is 1. The molecule has 3 N–H and O–H groups in total. The molecule has 1 unspecified atom stereocenters. The highest BCUT2D eigenvalue weighted by Gasteiger charge is 2.42. The molecule has 1 amide bonds. The maximum atomic E-state index is 12.2. The third-order valence-electron chi connectivity index (χ3n) is 3.36. The molecular weight excluding hydrogens is 236 g/mol. The van der Waals surface area contributed by atoms with Crippen LogP contribution in [0.4, 0.5) is 0 Å². The van der Waals surface area contributed by atoms with Gasteiger partial charge in [-0.2, -0.15) is 0 Å². The number of hydrogen-bond acceptors (Lipinski definition) is 4. The van der Waals surface area contributed by atoms with Crippen LogP contribution in [0.3, 0.4) is 0 Å². The number of carbonyl (C=O) groups excluding carboxylic acids is 1. The number of ether oxygens (including phenoxy) is 1. The normalized spacial score (nSPS) is 18.5. The van der Waals surface area contributed by atoms with E-state index in [9.17, 15) is 4.79 Å². The minimum Gasteiger partial charge on any atom is -0.495 e. The largest absolute Gasteiger partial charge is 0.495 e. The number of hydrogen-bond donors (Lipinski definition) is 2. The van der Waals surface area contributed by atoms with Gasteiger partial charge < -0.3 is 15.8 Å². The zero-order valence-electron chi connectivity index (χ0n) is 10.2. The molecule has 0 bridgehead atoms. The summed E-state index contributed by atoms with van der Waals surface area (Å²) < 4.78 is 5.15. The summed E-state index contributed by atoms with van der Waals surface area (Å²) in [5.74, 6) is 1.06. The number of amides is 1. The van der Waals surface area contributed by atoms with Gasteiger partial charge in [0.25, 0.3) is 5.91 Å². The summed E-state index contributed by atoms with van der Waals surface area (Å²) in [7, 11) is 1.57. The Bertz CT molecular complexity index is 414. The fraction of sp³-hybridized carbons (Fsp3) is 0.583. The topological polar surface area (TPSA) is 64.3 Å². The van der Waals surface area contributed by atoms with Crippen LogP contribution in [-0.4, -0.2) is 25.1 Å². The van der Waals surface area contributed by atoms with Crippen molar-refractivity contribution in [3.05, 3.63) is 16.3 Å². The van der Waals surface area contributed by atoms with Crippen LogP contribution in [0.25, 0.3) is 0 Å². The van der Waals surface area contributed by atoms with E-state index in [2.05, 4.69) is 5.32 Å². The van der Waals surface area contributed by atoms with Crippen molar-refractivity contribution in [3.63, 3.8) is 0 Å². The lowest BCUT2D eigenvalue weighted by molar-refractivity contribution is 0.0899. The third-order valence-corrected chi connectivity index (χ3v) is 4.25. The van der Waals surface area contributed by atoms with Gasteiger partial charge in [-0.25, -0.2) is 0 Å². The first-order chi connectivity index (χ1) is 8.10. The van der Waals surface area contributed by atoms with Gasteiger partial charge in [0, 0.05) is 6.54 Å². The van der Waals surface area contributed by atoms with E-state index in [0.717, 1.165) is 12.8 Å². The molecule has 1 atom stereocenters. The number of carbonyl (C=O) groups is 1.